The average molecular weight is 412 g/mol. The molecule has 1 amide bonds. The summed E-state index contributed by atoms with van der Waals surface area (Å²) in [5, 5.41) is 32.2. The maximum Gasteiger partial charge on any atom is 0.333 e. The van der Waals surface area contributed by atoms with Gasteiger partial charge in [0.2, 0.25) is 5.82 Å². The fourth-order valence-corrected chi connectivity index (χ4v) is 2.73. The Hall–Kier alpha value is -3.83. The largest absolute Gasteiger partial charge is 0.496 e. The number of ether oxygens (including phenoxy) is 1. The molecule has 0 aliphatic rings. The molecule has 0 saturated carbocycles. The van der Waals surface area contributed by atoms with Crippen molar-refractivity contribution >= 4 is 11.9 Å². The van der Waals surface area contributed by atoms with Crippen LogP contribution in [-0.4, -0.2) is 67.5 Å². The van der Waals surface area contributed by atoms with E-state index in [9.17, 15) is 14.7 Å². The second kappa shape index (κ2) is 9.58. The van der Waals surface area contributed by atoms with E-state index in [1.807, 2.05) is 42.5 Å². The lowest BCUT2D eigenvalue weighted by atomic mass is 10.0. The Kier molecular flexibility index (Phi) is 6.67. The monoisotopic (exact) mass is 412 g/mol. The Morgan fingerprint density at radius 1 is 1.23 bits per heavy atom. The van der Waals surface area contributed by atoms with E-state index in [1.54, 1.807) is 13.2 Å². The van der Waals surface area contributed by atoms with Gasteiger partial charge in [0.1, 0.15) is 5.75 Å². The van der Waals surface area contributed by atoms with Crippen LogP contribution in [0.1, 0.15) is 16.2 Å². The molecule has 0 bridgehead atoms. The number of carbonyl (C=O) groups excluding carboxylic acids is 1. The fourth-order valence-electron chi connectivity index (χ4n) is 2.73. The number of nitrogens with one attached hydrogen (secondary N) is 2. The van der Waals surface area contributed by atoms with Gasteiger partial charge in [-0.3, -0.25) is 9.80 Å². The van der Waals surface area contributed by atoms with Gasteiger partial charge in [0.05, 0.1) is 20.2 Å². The summed E-state index contributed by atoms with van der Waals surface area (Å²) in [6.07, 6.45) is -1.69. The van der Waals surface area contributed by atoms with Crippen LogP contribution in [0.25, 0.3) is 11.1 Å². The summed E-state index contributed by atoms with van der Waals surface area (Å²) in [5.74, 6) is -1.56. The number of nitrogens with zero attached hydrogens (tertiary/aromatic N) is 4. The first-order chi connectivity index (χ1) is 14.5. The van der Waals surface area contributed by atoms with Gasteiger partial charge in [0.15, 0.2) is 6.10 Å². The molecule has 11 nitrogen and oxygen atoms in total. The van der Waals surface area contributed by atoms with Gasteiger partial charge in [-0.25, -0.2) is 15.3 Å². The van der Waals surface area contributed by atoms with E-state index in [0.717, 1.165) is 16.1 Å². The third kappa shape index (κ3) is 4.96. The summed E-state index contributed by atoms with van der Waals surface area (Å²) in [7, 11) is 1.55. The molecule has 3 rings (SSSR count). The highest BCUT2D eigenvalue weighted by molar-refractivity contribution is 5.89. The molecule has 1 heterocycles. The second-order valence-electron chi connectivity index (χ2n) is 6.26. The van der Waals surface area contributed by atoms with Crippen molar-refractivity contribution in [3.63, 3.8) is 0 Å². The lowest BCUT2D eigenvalue weighted by Gasteiger charge is -2.23. The summed E-state index contributed by atoms with van der Waals surface area (Å²) >= 11 is 0. The van der Waals surface area contributed by atoms with Crippen LogP contribution in [0.4, 0.5) is 0 Å². The first kappa shape index (κ1) is 20.9. The lowest BCUT2D eigenvalue weighted by molar-refractivity contribution is -0.146. The third-order valence-corrected chi connectivity index (χ3v) is 4.25. The summed E-state index contributed by atoms with van der Waals surface area (Å²) in [4.78, 5) is 23.5. The first-order valence-electron chi connectivity index (χ1n) is 8.92. The van der Waals surface area contributed by atoms with E-state index in [1.165, 1.54) is 0 Å². The molecule has 1 aromatic heterocycles. The summed E-state index contributed by atoms with van der Waals surface area (Å²) in [6, 6.07) is 15.1. The number of amides is 1. The van der Waals surface area contributed by atoms with Gasteiger partial charge < -0.3 is 14.9 Å². The number of aliphatic hydroxyl groups is 1. The minimum Gasteiger partial charge on any atom is -0.496 e. The molecule has 3 aromatic rings. The van der Waals surface area contributed by atoms with E-state index in [-0.39, 0.29) is 18.9 Å². The molecule has 4 N–H and O–H groups in total. The Balaban J connectivity index is 1.84. The number of H-pyrrole nitrogens is 1. The van der Waals surface area contributed by atoms with Crippen LogP contribution in [0.2, 0.25) is 0 Å². The molecule has 30 heavy (non-hydrogen) atoms. The van der Waals surface area contributed by atoms with Crippen molar-refractivity contribution in [3.8, 4) is 16.9 Å². The van der Waals surface area contributed by atoms with Crippen molar-refractivity contribution in [2.24, 2.45) is 0 Å². The van der Waals surface area contributed by atoms with Crippen LogP contribution in [0.3, 0.4) is 0 Å². The molecule has 0 fully saturated rings. The van der Waals surface area contributed by atoms with E-state index >= 15 is 0 Å². The molecule has 0 saturated heterocycles. The Bertz CT molecular complexity index is 996. The molecule has 1 unspecified atom stereocenters. The average Bonchev–Trinajstić information content (AvgIpc) is 3.31. The van der Waals surface area contributed by atoms with Crippen molar-refractivity contribution < 1.29 is 24.5 Å². The summed E-state index contributed by atoms with van der Waals surface area (Å²) < 4.78 is 5.50. The van der Waals surface area contributed by atoms with Crippen molar-refractivity contribution in [3.05, 3.63) is 59.9 Å². The smallest absolute Gasteiger partial charge is 0.333 e. The standard InChI is InChI=1S/C19H20N6O5/c1-30-16-9-12(7-8-14(16)13-5-3-2-4-6-13)11-25(20-10-15(26)19(28)29)18(27)17-21-23-24-22-17/h2-9,15,20,26H,10-11H2,1H3,(H,28,29)(H,21,22,23,24). The number of carboxylic acid groups (broad SMARTS) is 1. The maximum absolute atomic E-state index is 12.7. The third-order valence-electron chi connectivity index (χ3n) is 4.25. The number of benzene rings is 2. The van der Waals surface area contributed by atoms with E-state index in [0.29, 0.717) is 11.3 Å². The Morgan fingerprint density at radius 3 is 2.63 bits per heavy atom. The van der Waals surface area contributed by atoms with Gasteiger partial charge in [-0.15, -0.1) is 5.10 Å². The van der Waals surface area contributed by atoms with Crippen LogP contribution >= 0.6 is 0 Å². The number of carboxylic acids is 1. The number of hydrogen-bond acceptors (Lipinski definition) is 8. The molecule has 11 heteroatoms. The normalized spacial score (nSPS) is 11.7. The van der Waals surface area contributed by atoms with Crippen molar-refractivity contribution in [2.75, 3.05) is 13.7 Å². The quantitative estimate of drug-likeness (QED) is 0.367. The van der Waals surface area contributed by atoms with Gasteiger partial charge in [-0.05, 0) is 27.6 Å². The van der Waals surface area contributed by atoms with Crippen molar-refractivity contribution in [1.29, 1.82) is 0 Å². The van der Waals surface area contributed by atoms with E-state index in [2.05, 4.69) is 26.0 Å². The zero-order valence-electron chi connectivity index (χ0n) is 16.0. The molecular formula is C19H20N6O5. The van der Waals surface area contributed by atoms with Crippen molar-refractivity contribution in [2.45, 2.75) is 12.6 Å². The number of aliphatic carboxylic acids is 1. The highest BCUT2D eigenvalue weighted by Crippen LogP contribution is 2.31. The SMILES string of the molecule is COc1cc(CN(NCC(O)C(=O)O)C(=O)c2nnn[nH]2)ccc1-c1ccccc1. The van der Waals surface area contributed by atoms with Gasteiger partial charge >= 0.3 is 11.9 Å². The van der Waals surface area contributed by atoms with Crippen LogP contribution in [0.15, 0.2) is 48.5 Å². The molecule has 156 valence electrons. The number of carbonyl (C=O) groups is 2. The topological polar surface area (TPSA) is 154 Å². The molecule has 2 aromatic carbocycles. The maximum atomic E-state index is 12.7. The zero-order chi connectivity index (χ0) is 21.5. The molecule has 0 aliphatic heterocycles. The molecular weight excluding hydrogens is 392 g/mol. The number of aromatic amines is 1. The first-order valence-corrected chi connectivity index (χ1v) is 8.92. The molecule has 0 spiro atoms. The number of tetrazole rings is 1. The number of rotatable bonds is 9. The Morgan fingerprint density at radius 2 is 2.00 bits per heavy atom. The minimum atomic E-state index is -1.69. The Labute approximate surface area is 171 Å². The number of aromatic nitrogens is 4. The van der Waals surface area contributed by atoms with Gasteiger partial charge in [-0.2, -0.15) is 0 Å². The number of aliphatic hydroxyl groups excluding tert-OH is 1. The highest BCUT2D eigenvalue weighted by atomic mass is 16.5. The molecule has 0 aliphatic carbocycles. The van der Waals surface area contributed by atoms with Gasteiger partial charge in [0, 0.05) is 5.56 Å². The second-order valence-corrected chi connectivity index (χ2v) is 6.26. The van der Waals surface area contributed by atoms with E-state index in [4.69, 9.17) is 9.84 Å². The number of hydrogen-bond donors (Lipinski definition) is 4. The lowest BCUT2D eigenvalue weighted by Crippen LogP contribution is -2.47. The van der Waals surface area contributed by atoms with E-state index < -0.39 is 18.0 Å². The zero-order valence-corrected chi connectivity index (χ0v) is 16.0. The van der Waals surface area contributed by atoms with Crippen molar-refractivity contribution in [1.82, 2.24) is 31.1 Å². The predicted octanol–water partition coefficient (Wildman–Crippen LogP) is 0.468. The highest BCUT2D eigenvalue weighted by Gasteiger charge is 2.22. The summed E-state index contributed by atoms with van der Waals surface area (Å²) in [5.41, 5.74) is 5.18. The fraction of sp³-hybridized carbons (Fsp3) is 0.211. The van der Waals surface area contributed by atoms with Crippen LogP contribution in [-0.2, 0) is 11.3 Å². The molecule has 1 atom stereocenters. The molecule has 0 radical (unpaired) electrons. The minimum absolute atomic E-state index is 0.0390. The summed E-state index contributed by atoms with van der Waals surface area (Å²) in [6.45, 7) is -0.348. The van der Waals surface area contributed by atoms with Crippen LogP contribution < -0.4 is 10.2 Å². The van der Waals surface area contributed by atoms with Gasteiger partial charge in [0.25, 0.3) is 0 Å². The predicted molar refractivity (Wildman–Crippen MR) is 104 cm³/mol. The van der Waals surface area contributed by atoms with Crippen LogP contribution in [0.5, 0.6) is 5.75 Å². The number of methoxy groups -OCH3 is 1. The van der Waals surface area contributed by atoms with Gasteiger partial charge in [-0.1, -0.05) is 42.5 Å². The number of hydrazine groups is 1. The van der Waals surface area contributed by atoms with Crippen LogP contribution in [0, 0.1) is 0 Å².